The number of ether oxygens (including phenoxy) is 1. The first kappa shape index (κ1) is 13.7. The Morgan fingerprint density at radius 3 is 2.90 bits per heavy atom. The van der Waals surface area contributed by atoms with Gasteiger partial charge < -0.3 is 15.8 Å². The Bertz CT molecular complexity index is 514. The molecule has 0 saturated heterocycles. The Morgan fingerprint density at radius 1 is 1.50 bits per heavy atom. The smallest absolute Gasteiger partial charge is 0.350 e. The monoisotopic (exact) mass is 294 g/mol. The number of fused-ring (bicyclic) bond motifs is 2. The SMILES string of the molecule is COC(=O)c1sc(NC(C)C2CC3CCC2C3)cc1N. The highest BCUT2D eigenvalue weighted by Gasteiger charge is 2.41. The summed E-state index contributed by atoms with van der Waals surface area (Å²) in [5.41, 5.74) is 6.38. The van der Waals surface area contributed by atoms with Gasteiger partial charge in [-0.2, -0.15) is 0 Å². The molecule has 2 aliphatic rings. The molecule has 20 heavy (non-hydrogen) atoms. The van der Waals surface area contributed by atoms with E-state index < -0.39 is 0 Å². The van der Waals surface area contributed by atoms with Crippen molar-refractivity contribution in [1.82, 2.24) is 0 Å². The summed E-state index contributed by atoms with van der Waals surface area (Å²) in [5, 5.41) is 4.51. The maximum atomic E-state index is 11.6. The Hall–Kier alpha value is -1.23. The minimum absolute atomic E-state index is 0.354. The fourth-order valence-corrected chi connectivity index (χ4v) is 4.96. The van der Waals surface area contributed by atoms with E-state index in [1.807, 2.05) is 6.07 Å². The van der Waals surface area contributed by atoms with Crippen LogP contribution in [-0.4, -0.2) is 19.1 Å². The van der Waals surface area contributed by atoms with Crippen molar-refractivity contribution in [3.8, 4) is 0 Å². The zero-order valence-corrected chi connectivity index (χ0v) is 12.8. The Labute approximate surface area is 123 Å². The first-order chi connectivity index (χ1) is 9.58. The standard InChI is InChI=1S/C15H22N2O2S/c1-8(11-6-9-3-4-10(11)5-9)17-13-7-12(16)14(20-13)15(18)19-2/h7-11,17H,3-6,16H2,1-2H3. The van der Waals surface area contributed by atoms with E-state index in [0.717, 1.165) is 22.8 Å². The molecule has 0 aromatic carbocycles. The second-order valence-corrected chi connectivity index (χ2v) is 7.21. The van der Waals surface area contributed by atoms with Gasteiger partial charge in [-0.3, -0.25) is 0 Å². The van der Waals surface area contributed by atoms with Crippen molar-refractivity contribution >= 4 is 28.0 Å². The van der Waals surface area contributed by atoms with Crippen LogP contribution in [0.15, 0.2) is 6.07 Å². The second-order valence-electron chi connectivity index (χ2n) is 6.16. The number of esters is 1. The van der Waals surface area contributed by atoms with Crippen molar-refractivity contribution in [3.63, 3.8) is 0 Å². The molecule has 2 bridgehead atoms. The number of carbonyl (C=O) groups is 1. The van der Waals surface area contributed by atoms with E-state index in [1.165, 1.54) is 44.1 Å². The summed E-state index contributed by atoms with van der Waals surface area (Å²) in [6, 6.07) is 2.29. The third kappa shape index (κ3) is 2.39. The van der Waals surface area contributed by atoms with Crippen molar-refractivity contribution in [3.05, 3.63) is 10.9 Å². The number of hydrogen-bond donors (Lipinski definition) is 2. The van der Waals surface area contributed by atoms with E-state index in [2.05, 4.69) is 12.2 Å². The first-order valence-electron chi connectivity index (χ1n) is 7.32. The molecule has 3 rings (SSSR count). The van der Waals surface area contributed by atoms with E-state index in [1.54, 1.807) is 0 Å². The van der Waals surface area contributed by atoms with Crippen LogP contribution in [0.2, 0.25) is 0 Å². The van der Waals surface area contributed by atoms with E-state index in [4.69, 9.17) is 10.5 Å². The predicted molar refractivity (Wildman–Crippen MR) is 82.1 cm³/mol. The van der Waals surface area contributed by atoms with Crippen molar-refractivity contribution in [2.24, 2.45) is 17.8 Å². The molecule has 110 valence electrons. The summed E-state index contributed by atoms with van der Waals surface area (Å²) in [6.07, 6.45) is 5.58. The molecule has 0 spiro atoms. The van der Waals surface area contributed by atoms with Crippen LogP contribution in [0.4, 0.5) is 10.7 Å². The molecule has 2 fully saturated rings. The Balaban J connectivity index is 1.67. The lowest BCUT2D eigenvalue weighted by Gasteiger charge is -2.28. The van der Waals surface area contributed by atoms with Crippen LogP contribution in [-0.2, 0) is 4.74 Å². The maximum Gasteiger partial charge on any atom is 0.350 e. The van der Waals surface area contributed by atoms with E-state index in [-0.39, 0.29) is 5.97 Å². The van der Waals surface area contributed by atoms with Crippen LogP contribution >= 0.6 is 11.3 Å². The van der Waals surface area contributed by atoms with Gasteiger partial charge in [0, 0.05) is 6.04 Å². The molecule has 0 aliphatic heterocycles. The van der Waals surface area contributed by atoms with Crippen LogP contribution in [0, 0.1) is 17.8 Å². The average molecular weight is 294 g/mol. The lowest BCUT2D eigenvalue weighted by Crippen LogP contribution is -2.29. The van der Waals surface area contributed by atoms with Gasteiger partial charge in [-0.25, -0.2) is 4.79 Å². The van der Waals surface area contributed by atoms with Crippen molar-refractivity contribution in [1.29, 1.82) is 0 Å². The van der Waals surface area contributed by atoms with Gasteiger partial charge in [0.05, 0.1) is 17.8 Å². The van der Waals surface area contributed by atoms with Gasteiger partial charge in [-0.15, -0.1) is 11.3 Å². The number of methoxy groups -OCH3 is 1. The molecule has 0 radical (unpaired) electrons. The van der Waals surface area contributed by atoms with Gasteiger partial charge in [0.15, 0.2) is 0 Å². The van der Waals surface area contributed by atoms with Crippen molar-refractivity contribution in [2.45, 2.75) is 38.6 Å². The minimum Gasteiger partial charge on any atom is -0.465 e. The number of carbonyl (C=O) groups excluding carboxylic acids is 1. The molecule has 1 heterocycles. The van der Waals surface area contributed by atoms with E-state index in [0.29, 0.717) is 16.6 Å². The molecule has 1 aromatic heterocycles. The Kier molecular flexibility index (Phi) is 3.63. The molecule has 5 heteroatoms. The summed E-state index contributed by atoms with van der Waals surface area (Å²) < 4.78 is 4.74. The molecular formula is C15H22N2O2S. The molecule has 2 aliphatic carbocycles. The van der Waals surface area contributed by atoms with Crippen LogP contribution in [0.1, 0.15) is 42.3 Å². The van der Waals surface area contributed by atoms with Gasteiger partial charge in [0.1, 0.15) is 4.88 Å². The molecule has 0 amide bonds. The lowest BCUT2D eigenvalue weighted by molar-refractivity contribution is 0.0607. The number of thiophene rings is 1. The van der Waals surface area contributed by atoms with Crippen molar-refractivity contribution < 1.29 is 9.53 Å². The fourth-order valence-electron chi connectivity index (χ4n) is 3.97. The Morgan fingerprint density at radius 2 is 2.30 bits per heavy atom. The second kappa shape index (κ2) is 5.28. The van der Waals surface area contributed by atoms with Gasteiger partial charge >= 0.3 is 5.97 Å². The highest BCUT2D eigenvalue weighted by molar-refractivity contribution is 7.18. The quantitative estimate of drug-likeness (QED) is 0.836. The summed E-state index contributed by atoms with van der Waals surface area (Å²) in [6.45, 7) is 2.25. The largest absolute Gasteiger partial charge is 0.465 e. The zero-order valence-electron chi connectivity index (χ0n) is 12.0. The topological polar surface area (TPSA) is 64.3 Å². The molecule has 3 N–H and O–H groups in total. The molecule has 2 saturated carbocycles. The predicted octanol–water partition coefficient (Wildman–Crippen LogP) is 3.35. The number of nitrogen functional groups attached to an aromatic ring is 1. The van der Waals surface area contributed by atoms with Crippen LogP contribution in [0.5, 0.6) is 0 Å². The van der Waals surface area contributed by atoms with Gasteiger partial charge in [-0.1, -0.05) is 6.42 Å². The van der Waals surface area contributed by atoms with Crippen LogP contribution < -0.4 is 11.1 Å². The van der Waals surface area contributed by atoms with Gasteiger partial charge in [-0.05, 0) is 50.0 Å². The number of nitrogens with two attached hydrogens (primary N) is 1. The first-order valence-corrected chi connectivity index (χ1v) is 8.14. The summed E-state index contributed by atoms with van der Waals surface area (Å²) >= 11 is 1.39. The summed E-state index contributed by atoms with van der Waals surface area (Å²) in [4.78, 5) is 12.1. The minimum atomic E-state index is -0.354. The number of nitrogens with one attached hydrogen (secondary N) is 1. The number of rotatable bonds is 4. The van der Waals surface area contributed by atoms with E-state index >= 15 is 0 Å². The molecule has 4 atom stereocenters. The van der Waals surface area contributed by atoms with Crippen molar-refractivity contribution in [2.75, 3.05) is 18.2 Å². The number of anilines is 2. The van der Waals surface area contributed by atoms with Crippen LogP contribution in [0.25, 0.3) is 0 Å². The molecule has 1 aromatic rings. The number of hydrogen-bond acceptors (Lipinski definition) is 5. The zero-order chi connectivity index (χ0) is 14.3. The highest BCUT2D eigenvalue weighted by Crippen LogP contribution is 2.50. The van der Waals surface area contributed by atoms with Crippen LogP contribution in [0.3, 0.4) is 0 Å². The van der Waals surface area contributed by atoms with Gasteiger partial charge in [0.25, 0.3) is 0 Å². The summed E-state index contributed by atoms with van der Waals surface area (Å²) in [7, 11) is 1.38. The highest BCUT2D eigenvalue weighted by atomic mass is 32.1. The molecule has 4 unspecified atom stereocenters. The maximum absolute atomic E-state index is 11.6. The lowest BCUT2D eigenvalue weighted by atomic mass is 9.84. The molecule has 4 nitrogen and oxygen atoms in total. The average Bonchev–Trinajstić information content (AvgIpc) is 3.13. The summed E-state index contributed by atoms with van der Waals surface area (Å²) in [5.74, 6) is 2.25. The molecular weight excluding hydrogens is 272 g/mol. The third-order valence-electron chi connectivity index (χ3n) is 4.94. The normalized spacial score (nSPS) is 29.4. The van der Waals surface area contributed by atoms with Gasteiger partial charge in [0.2, 0.25) is 0 Å². The van der Waals surface area contributed by atoms with E-state index in [9.17, 15) is 4.79 Å². The third-order valence-corrected chi connectivity index (χ3v) is 6.00. The fraction of sp³-hybridized carbons (Fsp3) is 0.667.